The zero-order valence-corrected chi connectivity index (χ0v) is 28.9. The van der Waals surface area contributed by atoms with Gasteiger partial charge >= 0.3 is 0 Å². The number of nitrogens with one attached hydrogen (secondary N) is 1. The van der Waals surface area contributed by atoms with Crippen LogP contribution in [0.25, 0.3) is 10.9 Å². The summed E-state index contributed by atoms with van der Waals surface area (Å²) in [5.41, 5.74) is 2.83. The maximum atomic E-state index is 13.6. The van der Waals surface area contributed by atoms with Crippen molar-refractivity contribution in [2.24, 2.45) is 0 Å². The summed E-state index contributed by atoms with van der Waals surface area (Å²) in [4.78, 5) is 11.5. The minimum atomic E-state index is -3.33. The van der Waals surface area contributed by atoms with Crippen molar-refractivity contribution >= 4 is 48.2 Å². The molecule has 2 heterocycles. The Labute approximate surface area is 288 Å². The highest BCUT2D eigenvalue weighted by atomic mass is 79.9. The Morgan fingerprint density at radius 3 is 2.62 bits per heavy atom. The number of halogens is 2. The maximum Gasteiger partial charge on any atom is 0.179 e. The summed E-state index contributed by atoms with van der Waals surface area (Å²) in [6, 6.07) is 26.7. The van der Waals surface area contributed by atoms with Crippen LogP contribution >= 0.6 is 15.9 Å². The number of sulfone groups is 1. The fraction of sp³-hybridized carbons (Fsp3) is 0.243. The number of benzene rings is 4. The Morgan fingerprint density at radius 1 is 1.00 bits per heavy atom. The van der Waals surface area contributed by atoms with Gasteiger partial charge in [0.05, 0.1) is 26.9 Å². The van der Waals surface area contributed by atoms with Crippen LogP contribution in [0.1, 0.15) is 30.4 Å². The van der Waals surface area contributed by atoms with Crippen molar-refractivity contribution in [3.05, 3.63) is 131 Å². The third kappa shape index (κ3) is 8.03. The molecule has 11 heteroatoms. The summed E-state index contributed by atoms with van der Waals surface area (Å²) in [7, 11) is -1.38. The van der Waals surface area contributed by atoms with E-state index in [-0.39, 0.29) is 18.2 Å². The molecule has 248 valence electrons. The summed E-state index contributed by atoms with van der Waals surface area (Å²) in [5.74, 6) is 1.06. The first kappa shape index (κ1) is 33.6. The van der Waals surface area contributed by atoms with Crippen molar-refractivity contribution < 1.29 is 22.3 Å². The van der Waals surface area contributed by atoms with E-state index in [0.717, 1.165) is 58.0 Å². The van der Waals surface area contributed by atoms with Crippen LogP contribution in [0.4, 0.5) is 15.9 Å². The zero-order chi connectivity index (χ0) is 33.6. The molecule has 0 fully saturated rings. The van der Waals surface area contributed by atoms with Crippen molar-refractivity contribution in [1.29, 1.82) is 0 Å². The van der Waals surface area contributed by atoms with Gasteiger partial charge in [-0.25, -0.2) is 22.8 Å². The lowest BCUT2D eigenvalue weighted by molar-refractivity contribution is 0.0285. The lowest BCUT2D eigenvalue weighted by Crippen LogP contribution is -2.30. The van der Waals surface area contributed by atoms with E-state index in [9.17, 15) is 12.8 Å². The normalized spacial score (nSPS) is 15.9. The van der Waals surface area contributed by atoms with Gasteiger partial charge in [-0.2, -0.15) is 0 Å². The Balaban J connectivity index is 1.12. The standard InChI is InChI=1S/C37H36BrFN4O4S/c1-43(19-21-48(44,45)31-10-3-2-4-11-31)18-6-16-37(17-7-20-47-37)28-12-14-34-32(23-28)36(41-26-40-34)42-30-13-15-35(33(38)24-30)46-25-27-8-5-9-29(39)22-27/h2-5,7-15,20,22-24,26H,6,16-19,21,25H2,1H3,(H,40,41,42). The van der Waals surface area contributed by atoms with Crippen LogP contribution in [0.2, 0.25) is 0 Å². The highest BCUT2D eigenvalue weighted by Gasteiger charge is 2.35. The molecule has 1 aliphatic rings. The smallest absolute Gasteiger partial charge is 0.179 e. The summed E-state index contributed by atoms with van der Waals surface area (Å²) in [6.45, 7) is 1.42. The van der Waals surface area contributed by atoms with Crippen LogP contribution in [-0.2, 0) is 26.8 Å². The number of hydrogen-bond donors (Lipinski definition) is 1. The molecule has 0 radical (unpaired) electrons. The topological polar surface area (TPSA) is 93.7 Å². The molecule has 48 heavy (non-hydrogen) atoms. The van der Waals surface area contributed by atoms with Crippen LogP contribution in [0, 0.1) is 5.82 Å². The van der Waals surface area contributed by atoms with E-state index in [1.54, 1.807) is 36.6 Å². The molecule has 0 saturated carbocycles. The SMILES string of the molecule is CN(CCCC1(c2ccc3ncnc(Nc4ccc(OCc5cccc(F)c5)c(Br)c4)c3c2)CC=CO1)CCS(=O)(=O)c1ccccc1. The van der Waals surface area contributed by atoms with E-state index in [1.165, 1.54) is 18.5 Å². The van der Waals surface area contributed by atoms with Gasteiger partial charge in [0.25, 0.3) is 0 Å². The number of rotatable bonds is 14. The molecule has 8 nitrogen and oxygen atoms in total. The van der Waals surface area contributed by atoms with Gasteiger partial charge in [0.1, 0.15) is 35.9 Å². The first-order chi connectivity index (χ1) is 23.2. The quantitative estimate of drug-likeness (QED) is 0.122. The third-order valence-corrected chi connectivity index (χ3v) is 10.8. The zero-order valence-electron chi connectivity index (χ0n) is 26.5. The number of aromatic nitrogens is 2. The summed E-state index contributed by atoms with van der Waals surface area (Å²) >= 11 is 3.60. The Bertz CT molecular complexity index is 2020. The van der Waals surface area contributed by atoms with Gasteiger partial charge in [-0.3, -0.25) is 0 Å². The molecule has 0 bridgehead atoms. The van der Waals surface area contributed by atoms with Gasteiger partial charge in [-0.05, 0) is 114 Å². The minimum absolute atomic E-state index is 0.0679. The molecule has 1 N–H and O–H groups in total. The van der Waals surface area contributed by atoms with Gasteiger partial charge < -0.3 is 19.7 Å². The Hall–Kier alpha value is -4.32. The molecule has 1 aliphatic heterocycles. The molecular formula is C37H36BrFN4O4S. The number of anilines is 2. The van der Waals surface area contributed by atoms with Crippen LogP contribution in [-0.4, -0.2) is 49.2 Å². The first-order valence-corrected chi connectivity index (χ1v) is 18.1. The molecular weight excluding hydrogens is 695 g/mol. The number of hydrogen-bond acceptors (Lipinski definition) is 8. The fourth-order valence-electron chi connectivity index (χ4n) is 5.78. The molecule has 6 rings (SSSR count). The Morgan fingerprint density at radius 2 is 1.85 bits per heavy atom. The van der Waals surface area contributed by atoms with Crippen molar-refractivity contribution in [3.8, 4) is 5.75 Å². The van der Waals surface area contributed by atoms with E-state index in [0.29, 0.717) is 23.0 Å². The van der Waals surface area contributed by atoms with E-state index in [2.05, 4.69) is 48.2 Å². The van der Waals surface area contributed by atoms with Gasteiger partial charge in [0, 0.05) is 24.0 Å². The second kappa shape index (κ2) is 14.8. The van der Waals surface area contributed by atoms with E-state index < -0.39 is 15.4 Å². The van der Waals surface area contributed by atoms with E-state index >= 15 is 0 Å². The average molecular weight is 732 g/mol. The Kier molecular flexibility index (Phi) is 10.4. The lowest BCUT2D eigenvalue weighted by Gasteiger charge is -2.30. The van der Waals surface area contributed by atoms with E-state index in [4.69, 9.17) is 9.47 Å². The molecule has 4 aromatic carbocycles. The summed E-state index contributed by atoms with van der Waals surface area (Å²) < 4.78 is 52.0. The highest BCUT2D eigenvalue weighted by Crippen LogP contribution is 2.41. The third-order valence-electron chi connectivity index (χ3n) is 8.44. The van der Waals surface area contributed by atoms with E-state index in [1.807, 2.05) is 49.5 Å². The van der Waals surface area contributed by atoms with Crippen molar-refractivity contribution in [1.82, 2.24) is 14.9 Å². The molecule has 0 amide bonds. The van der Waals surface area contributed by atoms with Crippen LogP contribution in [0.5, 0.6) is 5.75 Å². The summed E-state index contributed by atoms with van der Waals surface area (Å²) in [5, 5.41) is 4.28. The van der Waals surface area contributed by atoms with Gasteiger partial charge in [-0.15, -0.1) is 0 Å². The predicted molar refractivity (Wildman–Crippen MR) is 189 cm³/mol. The average Bonchev–Trinajstić information content (AvgIpc) is 3.57. The minimum Gasteiger partial charge on any atom is -0.490 e. The second-order valence-electron chi connectivity index (χ2n) is 11.9. The maximum absolute atomic E-state index is 13.6. The number of ether oxygens (including phenoxy) is 2. The molecule has 1 aromatic heterocycles. The fourth-order valence-corrected chi connectivity index (χ4v) is 7.64. The summed E-state index contributed by atoms with van der Waals surface area (Å²) in [6.07, 6.45) is 7.63. The molecule has 0 spiro atoms. The van der Waals surface area contributed by atoms with Crippen LogP contribution in [0.3, 0.4) is 0 Å². The molecule has 1 unspecified atom stereocenters. The van der Waals surface area contributed by atoms with Crippen molar-refractivity contribution in [3.63, 3.8) is 0 Å². The lowest BCUT2D eigenvalue weighted by atomic mass is 9.86. The predicted octanol–water partition coefficient (Wildman–Crippen LogP) is 8.17. The van der Waals surface area contributed by atoms with Crippen molar-refractivity contribution in [2.45, 2.75) is 36.4 Å². The molecule has 0 saturated heterocycles. The highest BCUT2D eigenvalue weighted by molar-refractivity contribution is 9.10. The van der Waals surface area contributed by atoms with Crippen LogP contribution in [0.15, 0.2) is 119 Å². The van der Waals surface area contributed by atoms with Crippen molar-refractivity contribution in [2.75, 3.05) is 31.2 Å². The van der Waals surface area contributed by atoms with Crippen LogP contribution < -0.4 is 10.1 Å². The van der Waals surface area contributed by atoms with Gasteiger partial charge in [-0.1, -0.05) is 36.4 Å². The monoisotopic (exact) mass is 730 g/mol. The molecule has 0 aliphatic carbocycles. The second-order valence-corrected chi connectivity index (χ2v) is 14.8. The largest absolute Gasteiger partial charge is 0.490 e. The van der Waals surface area contributed by atoms with Gasteiger partial charge in [0.15, 0.2) is 9.84 Å². The first-order valence-electron chi connectivity index (χ1n) is 15.7. The number of nitrogens with zero attached hydrogens (tertiary/aromatic N) is 3. The molecule has 5 aromatic rings. The molecule has 1 atom stereocenters. The van der Waals surface area contributed by atoms with Gasteiger partial charge in [0.2, 0.25) is 0 Å². The number of fused-ring (bicyclic) bond motifs is 1.